The molecule has 2 aliphatic heterocycles. The molecule has 2 aliphatic rings. The lowest BCUT2D eigenvalue weighted by atomic mass is 10.1. The molecular weight excluding hydrogens is 294 g/mol. The minimum absolute atomic E-state index is 0.00600. The number of aromatic nitrogens is 2. The normalized spacial score (nSPS) is 26.2. The summed E-state index contributed by atoms with van der Waals surface area (Å²) in [5, 5.41) is 3.03. The van der Waals surface area contributed by atoms with Crippen molar-refractivity contribution in [3.05, 3.63) is 18.2 Å². The number of ether oxygens (including phenoxy) is 1. The van der Waals surface area contributed by atoms with Crippen molar-refractivity contribution in [3.8, 4) is 0 Å². The zero-order chi connectivity index (χ0) is 16.1. The fourth-order valence-corrected chi connectivity index (χ4v) is 3.38. The summed E-state index contributed by atoms with van der Waals surface area (Å²) in [6, 6.07) is 0.145. The highest BCUT2D eigenvalue weighted by molar-refractivity contribution is 5.74. The second kappa shape index (κ2) is 7.79. The van der Waals surface area contributed by atoms with Crippen molar-refractivity contribution in [2.24, 2.45) is 0 Å². The molecule has 0 bridgehead atoms. The lowest BCUT2D eigenvalue weighted by Crippen LogP contribution is -2.54. The van der Waals surface area contributed by atoms with Gasteiger partial charge in [-0.2, -0.15) is 0 Å². The van der Waals surface area contributed by atoms with E-state index in [0.717, 1.165) is 44.9 Å². The number of amides is 2. The van der Waals surface area contributed by atoms with Gasteiger partial charge >= 0.3 is 6.03 Å². The summed E-state index contributed by atoms with van der Waals surface area (Å²) in [7, 11) is 0. The van der Waals surface area contributed by atoms with Crippen molar-refractivity contribution in [1.29, 1.82) is 0 Å². The van der Waals surface area contributed by atoms with Crippen LogP contribution >= 0.6 is 0 Å². The van der Waals surface area contributed by atoms with E-state index in [0.29, 0.717) is 13.1 Å². The lowest BCUT2D eigenvalue weighted by molar-refractivity contribution is 0.0168. The summed E-state index contributed by atoms with van der Waals surface area (Å²) >= 11 is 0. The van der Waals surface area contributed by atoms with Crippen LogP contribution in [-0.2, 0) is 4.74 Å². The molecule has 7 nitrogen and oxygen atoms in total. The highest BCUT2D eigenvalue weighted by atomic mass is 16.5. The Bertz CT molecular complexity index is 487. The van der Waals surface area contributed by atoms with Crippen LogP contribution < -0.4 is 5.32 Å². The highest BCUT2D eigenvalue weighted by Gasteiger charge is 2.31. The highest BCUT2D eigenvalue weighted by Crippen LogP contribution is 2.22. The van der Waals surface area contributed by atoms with Gasteiger partial charge in [0.05, 0.1) is 12.1 Å². The number of nitrogens with one attached hydrogen (secondary N) is 2. The second-order valence-corrected chi connectivity index (χ2v) is 6.24. The number of aromatic amines is 1. The van der Waals surface area contributed by atoms with Crippen LogP contribution in [-0.4, -0.2) is 71.2 Å². The Labute approximate surface area is 137 Å². The third kappa shape index (κ3) is 4.03. The first-order valence-corrected chi connectivity index (χ1v) is 8.65. The van der Waals surface area contributed by atoms with Crippen molar-refractivity contribution >= 4 is 6.03 Å². The number of nitrogens with zero attached hydrogens (tertiary/aromatic N) is 3. The van der Waals surface area contributed by atoms with Crippen molar-refractivity contribution in [1.82, 2.24) is 25.1 Å². The van der Waals surface area contributed by atoms with Crippen LogP contribution in [0, 0.1) is 0 Å². The average Bonchev–Trinajstić information content (AvgIpc) is 3.14. The Hall–Kier alpha value is -1.60. The van der Waals surface area contributed by atoms with Crippen LogP contribution in [0.15, 0.2) is 12.4 Å². The number of hydrogen-bond donors (Lipinski definition) is 2. The van der Waals surface area contributed by atoms with Crippen molar-refractivity contribution in [2.75, 3.05) is 39.3 Å². The van der Waals surface area contributed by atoms with Crippen LogP contribution in [0.5, 0.6) is 0 Å². The predicted octanol–water partition coefficient (Wildman–Crippen LogP) is 1.37. The number of imidazole rings is 1. The van der Waals surface area contributed by atoms with Crippen LogP contribution in [0.25, 0.3) is 0 Å². The molecule has 2 N–H and O–H groups in total. The predicted molar refractivity (Wildman–Crippen MR) is 87.1 cm³/mol. The van der Waals surface area contributed by atoms with E-state index in [1.807, 2.05) is 11.1 Å². The van der Waals surface area contributed by atoms with Gasteiger partial charge in [0.2, 0.25) is 0 Å². The number of piperazine rings is 1. The van der Waals surface area contributed by atoms with Gasteiger partial charge in [0.15, 0.2) is 0 Å². The van der Waals surface area contributed by atoms with E-state index in [-0.39, 0.29) is 18.2 Å². The van der Waals surface area contributed by atoms with E-state index in [9.17, 15) is 4.79 Å². The number of hydrogen-bond acceptors (Lipinski definition) is 4. The van der Waals surface area contributed by atoms with Gasteiger partial charge < -0.3 is 19.9 Å². The molecule has 2 fully saturated rings. The summed E-state index contributed by atoms with van der Waals surface area (Å²) in [5.41, 5.74) is 0. The number of H-pyrrole nitrogens is 1. The van der Waals surface area contributed by atoms with Crippen molar-refractivity contribution in [2.45, 2.75) is 38.3 Å². The van der Waals surface area contributed by atoms with Crippen LogP contribution in [0.2, 0.25) is 0 Å². The third-order valence-corrected chi connectivity index (χ3v) is 4.77. The maximum absolute atomic E-state index is 12.5. The number of likely N-dealkylation sites (N-methyl/N-ethyl adjacent to an activating group) is 1. The molecule has 7 heteroatoms. The molecule has 0 unspecified atom stereocenters. The van der Waals surface area contributed by atoms with Crippen LogP contribution in [0.3, 0.4) is 0 Å². The quantitative estimate of drug-likeness (QED) is 0.878. The largest absolute Gasteiger partial charge is 0.376 e. The summed E-state index contributed by atoms with van der Waals surface area (Å²) in [5.74, 6) is 0.931. The zero-order valence-electron chi connectivity index (χ0n) is 13.8. The Morgan fingerprint density at radius 1 is 1.48 bits per heavy atom. The van der Waals surface area contributed by atoms with E-state index in [2.05, 4.69) is 27.1 Å². The van der Waals surface area contributed by atoms with Crippen molar-refractivity contribution in [3.63, 3.8) is 0 Å². The monoisotopic (exact) mass is 321 g/mol. The Balaban J connectivity index is 1.54. The Morgan fingerprint density at radius 2 is 2.39 bits per heavy atom. The second-order valence-electron chi connectivity index (χ2n) is 6.24. The molecule has 2 saturated heterocycles. The fourth-order valence-electron chi connectivity index (χ4n) is 3.38. The minimum atomic E-state index is 0.00600. The molecule has 0 spiro atoms. The van der Waals surface area contributed by atoms with E-state index in [4.69, 9.17) is 4.74 Å². The number of urea groups is 1. The minimum Gasteiger partial charge on any atom is -0.376 e. The zero-order valence-corrected chi connectivity index (χ0v) is 13.8. The maximum atomic E-state index is 12.5. The smallest absolute Gasteiger partial charge is 0.317 e. The summed E-state index contributed by atoms with van der Waals surface area (Å²) in [6.45, 7) is 6.81. The molecule has 1 aromatic heterocycles. The molecule has 128 valence electrons. The molecule has 2 atom stereocenters. The molecule has 23 heavy (non-hydrogen) atoms. The van der Waals surface area contributed by atoms with Gasteiger partial charge in [0.1, 0.15) is 5.82 Å². The summed E-state index contributed by atoms with van der Waals surface area (Å²) < 4.78 is 5.67. The van der Waals surface area contributed by atoms with Gasteiger partial charge in [-0.25, -0.2) is 9.78 Å². The molecule has 0 aromatic carbocycles. The number of carbonyl (C=O) groups excluding carboxylic acids is 1. The van der Waals surface area contributed by atoms with Gasteiger partial charge in [-0.1, -0.05) is 6.92 Å². The number of carbonyl (C=O) groups is 1. The van der Waals surface area contributed by atoms with Gasteiger partial charge in [0, 0.05) is 45.2 Å². The van der Waals surface area contributed by atoms with E-state index < -0.39 is 0 Å². The van der Waals surface area contributed by atoms with Crippen LogP contribution in [0.1, 0.15) is 38.1 Å². The first kappa shape index (κ1) is 16.3. The molecule has 3 heterocycles. The molecule has 0 radical (unpaired) electrons. The summed E-state index contributed by atoms with van der Waals surface area (Å²) in [6.07, 6.45) is 7.14. The van der Waals surface area contributed by atoms with Crippen molar-refractivity contribution < 1.29 is 9.53 Å². The topological polar surface area (TPSA) is 73.5 Å². The molecule has 1 aromatic rings. The fraction of sp³-hybridized carbons (Fsp3) is 0.750. The lowest BCUT2D eigenvalue weighted by Gasteiger charge is -2.40. The maximum Gasteiger partial charge on any atom is 0.317 e. The van der Waals surface area contributed by atoms with E-state index >= 15 is 0 Å². The standard InChI is InChI=1S/C16H27N5O2/c1-2-20-8-9-21(12-14(20)15-17-6-7-18-15)16(22)19-11-13-5-3-4-10-23-13/h6-7,13-14H,2-5,8-12H2,1H3,(H,17,18)(H,19,22)/t13-,14-/m0/s1. The third-order valence-electron chi connectivity index (χ3n) is 4.77. The van der Waals surface area contributed by atoms with Crippen LogP contribution in [0.4, 0.5) is 4.79 Å². The average molecular weight is 321 g/mol. The van der Waals surface area contributed by atoms with E-state index in [1.165, 1.54) is 6.42 Å². The van der Waals surface area contributed by atoms with Gasteiger partial charge in [-0.3, -0.25) is 4.90 Å². The Kier molecular flexibility index (Phi) is 5.51. The first-order valence-electron chi connectivity index (χ1n) is 8.65. The van der Waals surface area contributed by atoms with E-state index in [1.54, 1.807) is 6.20 Å². The Morgan fingerprint density at radius 3 is 3.09 bits per heavy atom. The van der Waals surface area contributed by atoms with Gasteiger partial charge in [-0.15, -0.1) is 0 Å². The summed E-state index contributed by atoms with van der Waals surface area (Å²) in [4.78, 5) is 24.3. The first-order chi connectivity index (χ1) is 11.3. The molecule has 0 saturated carbocycles. The number of rotatable bonds is 4. The van der Waals surface area contributed by atoms with Gasteiger partial charge in [-0.05, 0) is 25.8 Å². The molecular formula is C16H27N5O2. The molecule has 2 amide bonds. The SMILES string of the molecule is CCN1CCN(C(=O)NC[C@@H]2CCCCO2)C[C@H]1c1ncc[nH]1. The molecule has 0 aliphatic carbocycles. The molecule has 3 rings (SSSR count). The van der Waals surface area contributed by atoms with Gasteiger partial charge in [0.25, 0.3) is 0 Å².